The van der Waals surface area contributed by atoms with Crippen LogP contribution in [0, 0.1) is 0 Å². The molecule has 1 atom stereocenters. The molecule has 0 aliphatic carbocycles. The summed E-state index contributed by atoms with van der Waals surface area (Å²) in [7, 11) is -2.57. The van der Waals surface area contributed by atoms with E-state index in [0.29, 0.717) is 12.2 Å². The molecule has 2 aromatic heterocycles. The van der Waals surface area contributed by atoms with E-state index in [1.165, 1.54) is 24.8 Å². The Labute approximate surface area is 126 Å². The second-order valence-corrected chi connectivity index (χ2v) is 7.01. The standard InChI is InChI=1S/C13H15NO5S2/c1-9(8-10-4-3-6-19-10)14-21(16,17)11-5-7-20-12(11)13(15)18-2/h3-7,9,14H,8H2,1-2H3. The minimum atomic E-state index is -3.79. The molecular weight excluding hydrogens is 314 g/mol. The van der Waals surface area contributed by atoms with Crippen molar-refractivity contribution >= 4 is 27.3 Å². The molecule has 0 amide bonds. The number of nitrogens with one attached hydrogen (secondary N) is 1. The largest absolute Gasteiger partial charge is 0.469 e. The Kier molecular flexibility index (Phi) is 4.81. The van der Waals surface area contributed by atoms with Gasteiger partial charge in [0.2, 0.25) is 10.0 Å². The zero-order chi connectivity index (χ0) is 15.5. The van der Waals surface area contributed by atoms with Gasteiger partial charge < -0.3 is 9.15 Å². The minimum Gasteiger partial charge on any atom is -0.469 e. The van der Waals surface area contributed by atoms with Crippen molar-refractivity contribution < 1.29 is 22.4 Å². The third-order valence-electron chi connectivity index (χ3n) is 2.73. The highest BCUT2D eigenvalue weighted by Crippen LogP contribution is 2.23. The number of carbonyl (C=O) groups is 1. The van der Waals surface area contributed by atoms with Gasteiger partial charge in [-0.25, -0.2) is 17.9 Å². The third-order valence-corrected chi connectivity index (χ3v) is 5.39. The molecule has 2 rings (SSSR count). The molecule has 6 nitrogen and oxygen atoms in total. The van der Waals surface area contributed by atoms with Gasteiger partial charge in [-0.15, -0.1) is 11.3 Å². The van der Waals surface area contributed by atoms with E-state index < -0.39 is 16.0 Å². The van der Waals surface area contributed by atoms with Crippen molar-refractivity contribution in [3.8, 4) is 0 Å². The molecule has 0 saturated carbocycles. The Morgan fingerprint density at radius 1 is 1.48 bits per heavy atom. The fourth-order valence-corrected chi connectivity index (χ4v) is 4.43. The molecule has 1 N–H and O–H groups in total. The van der Waals surface area contributed by atoms with Crippen molar-refractivity contribution in [1.82, 2.24) is 4.72 Å². The number of esters is 1. The summed E-state index contributed by atoms with van der Waals surface area (Å²) >= 11 is 1.03. The average Bonchev–Trinajstić information content (AvgIpc) is 3.07. The van der Waals surface area contributed by atoms with Crippen molar-refractivity contribution in [2.24, 2.45) is 0 Å². The Hall–Kier alpha value is -1.64. The summed E-state index contributed by atoms with van der Waals surface area (Å²) < 4.78 is 37.0. The zero-order valence-electron chi connectivity index (χ0n) is 11.5. The molecule has 2 heterocycles. The van der Waals surface area contributed by atoms with Crippen molar-refractivity contribution in [2.45, 2.75) is 24.3 Å². The van der Waals surface area contributed by atoms with Gasteiger partial charge in [-0.3, -0.25) is 0 Å². The van der Waals surface area contributed by atoms with E-state index in [4.69, 9.17) is 4.42 Å². The summed E-state index contributed by atoms with van der Waals surface area (Å²) in [5.41, 5.74) is 0. The van der Waals surface area contributed by atoms with Crippen LogP contribution in [-0.2, 0) is 21.2 Å². The van der Waals surface area contributed by atoms with Gasteiger partial charge in [-0.1, -0.05) is 0 Å². The molecule has 1 unspecified atom stereocenters. The molecule has 21 heavy (non-hydrogen) atoms. The highest BCUT2D eigenvalue weighted by molar-refractivity contribution is 7.89. The normalized spacial score (nSPS) is 13.0. The first-order valence-electron chi connectivity index (χ1n) is 6.14. The lowest BCUT2D eigenvalue weighted by molar-refractivity contribution is 0.0602. The van der Waals surface area contributed by atoms with Gasteiger partial charge in [0.25, 0.3) is 0 Å². The van der Waals surface area contributed by atoms with Crippen molar-refractivity contribution in [3.05, 3.63) is 40.5 Å². The van der Waals surface area contributed by atoms with E-state index in [9.17, 15) is 13.2 Å². The van der Waals surface area contributed by atoms with Gasteiger partial charge in [0.1, 0.15) is 15.5 Å². The molecule has 0 saturated heterocycles. The fourth-order valence-electron chi connectivity index (χ4n) is 1.85. The number of sulfonamides is 1. The predicted molar refractivity (Wildman–Crippen MR) is 77.9 cm³/mol. The van der Waals surface area contributed by atoms with Crippen molar-refractivity contribution in [3.63, 3.8) is 0 Å². The van der Waals surface area contributed by atoms with Gasteiger partial charge in [0.15, 0.2) is 0 Å². The number of hydrogen-bond donors (Lipinski definition) is 1. The average molecular weight is 329 g/mol. The summed E-state index contributed by atoms with van der Waals surface area (Å²) in [6.45, 7) is 1.73. The van der Waals surface area contributed by atoms with Crippen LogP contribution < -0.4 is 4.72 Å². The Bertz CT molecular complexity index is 703. The number of ether oxygens (including phenoxy) is 1. The van der Waals surface area contributed by atoms with Crippen LogP contribution in [0.3, 0.4) is 0 Å². The van der Waals surface area contributed by atoms with Gasteiger partial charge in [-0.2, -0.15) is 0 Å². The lowest BCUT2D eigenvalue weighted by atomic mass is 10.2. The predicted octanol–water partition coefficient (Wildman–Crippen LogP) is 2.04. The number of hydrogen-bond acceptors (Lipinski definition) is 6. The number of rotatable bonds is 6. The first kappa shape index (κ1) is 15.7. The van der Waals surface area contributed by atoms with E-state index in [1.54, 1.807) is 19.1 Å². The van der Waals surface area contributed by atoms with Crippen molar-refractivity contribution in [1.29, 1.82) is 0 Å². The topological polar surface area (TPSA) is 85.6 Å². The highest BCUT2D eigenvalue weighted by atomic mass is 32.2. The molecule has 0 bridgehead atoms. The van der Waals surface area contributed by atoms with Crippen LogP contribution in [0.1, 0.15) is 22.4 Å². The Balaban J connectivity index is 2.15. The van der Waals surface area contributed by atoms with E-state index in [2.05, 4.69) is 9.46 Å². The molecule has 0 radical (unpaired) electrons. The third kappa shape index (κ3) is 3.72. The summed E-state index contributed by atoms with van der Waals surface area (Å²) in [5, 5.41) is 1.54. The quantitative estimate of drug-likeness (QED) is 0.820. The molecule has 0 aliphatic heterocycles. The lowest BCUT2D eigenvalue weighted by Gasteiger charge is -2.13. The Morgan fingerprint density at radius 3 is 2.86 bits per heavy atom. The summed E-state index contributed by atoms with van der Waals surface area (Å²) in [6.07, 6.45) is 1.95. The number of carbonyl (C=O) groups excluding carboxylic acids is 1. The SMILES string of the molecule is COC(=O)c1sccc1S(=O)(=O)NC(C)Cc1ccco1. The maximum Gasteiger partial charge on any atom is 0.349 e. The van der Waals surface area contributed by atoms with Gasteiger partial charge >= 0.3 is 5.97 Å². The summed E-state index contributed by atoms with van der Waals surface area (Å²) in [4.78, 5) is 11.6. The van der Waals surface area contributed by atoms with Crippen LogP contribution >= 0.6 is 11.3 Å². The van der Waals surface area contributed by atoms with Gasteiger partial charge in [-0.05, 0) is 30.5 Å². The van der Waals surface area contributed by atoms with Crippen molar-refractivity contribution in [2.75, 3.05) is 7.11 Å². The van der Waals surface area contributed by atoms with Crippen LogP contribution in [-0.4, -0.2) is 27.5 Å². The van der Waals surface area contributed by atoms with E-state index >= 15 is 0 Å². The first-order valence-corrected chi connectivity index (χ1v) is 8.51. The minimum absolute atomic E-state index is 0.0642. The number of thiophene rings is 1. The maximum atomic E-state index is 12.3. The lowest BCUT2D eigenvalue weighted by Crippen LogP contribution is -2.34. The second kappa shape index (κ2) is 6.42. The highest BCUT2D eigenvalue weighted by Gasteiger charge is 2.26. The molecule has 2 aromatic rings. The fraction of sp³-hybridized carbons (Fsp3) is 0.308. The molecule has 0 fully saturated rings. The molecule has 0 aliphatic rings. The second-order valence-electron chi connectivity index (χ2n) is 4.41. The van der Waals surface area contributed by atoms with Gasteiger partial charge in [0.05, 0.1) is 13.4 Å². The monoisotopic (exact) mass is 329 g/mol. The molecule has 114 valence electrons. The summed E-state index contributed by atoms with van der Waals surface area (Å²) in [6, 6.07) is 4.53. The van der Waals surface area contributed by atoms with E-state index in [0.717, 1.165) is 11.3 Å². The molecule has 8 heteroatoms. The van der Waals surface area contributed by atoms with Crippen LogP contribution in [0.15, 0.2) is 39.2 Å². The van der Waals surface area contributed by atoms with Crippen LogP contribution in [0.25, 0.3) is 0 Å². The van der Waals surface area contributed by atoms with E-state index in [-0.39, 0.29) is 15.8 Å². The van der Waals surface area contributed by atoms with Crippen LogP contribution in [0.4, 0.5) is 0 Å². The first-order chi connectivity index (χ1) is 9.94. The molecular formula is C13H15NO5S2. The van der Waals surface area contributed by atoms with Gasteiger partial charge in [0, 0.05) is 12.5 Å². The summed E-state index contributed by atoms with van der Waals surface area (Å²) in [5.74, 6) is 0.0211. The van der Waals surface area contributed by atoms with Crippen LogP contribution in [0.5, 0.6) is 0 Å². The number of furan rings is 1. The zero-order valence-corrected chi connectivity index (χ0v) is 13.2. The molecule has 0 aromatic carbocycles. The smallest absolute Gasteiger partial charge is 0.349 e. The molecule has 0 spiro atoms. The van der Waals surface area contributed by atoms with E-state index in [1.807, 2.05) is 0 Å². The number of methoxy groups -OCH3 is 1. The Morgan fingerprint density at radius 2 is 2.24 bits per heavy atom. The van der Waals surface area contributed by atoms with Crippen LogP contribution in [0.2, 0.25) is 0 Å². The maximum absolute atomic E-state index is 12.3.